The van der Waals surface area contributed by atoms with Gasteiger partial charge < -0.3 is 9.32 Å². The number of amides is 1. The minimum atomic E-state index is 0.205. The highest BCUT2D eigenvalue weighted by molar-refractivity contribution is 5.78. The standard InChI is InChI=1S/C13H21N3O2/c1-4-11-14-15-12(18-11)8-16-7-10(5-9(2)3)6-13(16)17/h9-10H,4-8H2,1-3H3/t10-/m0/s1. The average Bonchev–Trinajstić information content (AvgIpc) is 2.86. The summed E-state index contributed by atoms with van der Waals surface area (Å²) in [4.78, 5) is 13.7. The fourth-order valence-electron chi connectivity index (χ4n) is 2.49. The van der Waals surface area contributed by atoms with Gasteiger partial charge in [-0.05, 0) is 18.3 Å². The van der Waals surface area contributed by atoms with Gasteiger partial charge in [0, 0.05) is 19.4 Å². The van der Waals surface area contributed by atoms with Crippen molar-refractivity contribution in [2.24, 2.45) is 11.8 Å². The van der Waals surface area contributed by atoms with Crippen LogP contribution in [0.4, 0.5) is 0 Å². The van der Waals surface area contributed by atoms with E-state index in [1.54, 1.807) is 0 Å². The van der Waals surface area contributed by atoms with Gasteiger partial charge in [0.05, 0.1) is 6.54 Å². The zero-order valence-electron chi connectivity index (χ0n) is 11.3. The van der Waals surface area contributed by atoms with Crippen LogP contribution in [-0.2, 0) is 17.8 Å². The van der Waals surface area contributed by atoms with Gasteiger partial charge in [-0.25, -0.2) is 0 Å². The lowest BCUT2D eigenvalue weighted by Gasteiger charge is -2.15. The molecule has 5 heteroatoms. The highest BCUT2D eigenvalue weighted by Crippen LogP contribution is 2.25. The maximum absolute atomic E-state index is 11.9. The van der Waals surface area contributed by atoms with E-state index in [0.29, 0.717) is 36.6 Å². The Hall–Kier alpha value is -1.39. The van der Waals surface area contributed by atoms with Crippen molar-refractivity contribution in [1.82, 2.24) is 15.1 Å². The maximum atomic E-state index is 11.9. The van der Waals surface area contributed by atoms with E-state index in [4.69, 9.17) is 4.42 Å². The molecule has 5 nitrogen and oxygen atoms in total. The van der Waals surface area contributed by atoms with E-state index in [0.717, 1.165) is 19.4 Å². The Bertz CT molecular complexity index is 414. The van der Waals surface area contributed by atoms with Crippen LogP contribution in [0.15, 0.2) is 4.42 Å². The van der Waals surface area contributed by atoms with E-state index < -0.39 is 0 Å². The van der Waals surface area contributed by atoms with Crippen LogP contribution in [0, 0.1) is 11.8 Å². The number of likely N-dealkylation sites (tertiary alicyclic amines) is 1. The second kappa shape index (κ2) is 5.50. The van der Waals surface area contributed by atoms with Crippen molar-refractivity contribution in [2.45, 2.75) is 46.6 Å². The van der Waals surface area contributed by atoms with E-state index in [1.807, 2.05) is 11.8 Å². The summed E-state index contributed by atoms with van der Waals surface area (Å²) in [5.74, 6) is 2.50. The molecule has 2 heterocycles. The smallest absolute Gasteiger partial charge is 0.235 e. The van der Waals surface area contributed by atoms with Crippen molar-refractivity contribution in [3.8, 4) is 0 Å². The number of hydrogen-bond donors (Lipinski definition) is 0. The Balaban J connectivity index is 1.91. The second-order valence-corrected chi connectivity index (χ2v) is 5.42. The highest BCUT2D eigenvalue weighted by Gasteiger charge is 2.30. The molecule has 0 saturated carbocycles. The Morgan fingerprint density at radius 2 is 2.11 bits per heavy atom. The molecule has 100 valence electrons. The van der Waals surface area contributed by atoms with Crippen LogP contribution in [0.2, 0.25) is 0 Å². The maximum Gasteiger partial charge on any atom is 0.235 e. The van der Waals surface area contributed by atoms with Gasteiger partial charge in [-0.1, -0.05) is 20.8 Å². The first-order valence-corrected chi connectivity index (χ1v) is 6.67. The van der Waals surface area contributed by atoms with Gasteiger partial charge in [-0.3, -0.25) is 4.79 Å². The third-order valence-electron chi connectivity index (χ3n) is 3.24. The molecule has 18 heavy (non-hydrogen) atoms. The third-order valence-corrected chi connectivity index (χ3v) is 3.24. The van der Waals surface area contributed by atoms with Gasteiger partial charge in [0.1, 0.15) is 0 Å². The van der Waals surface area contributed by atoms with Crippen LogP contribution >= 0.6 is 0 Å². The summed E-state index contributed by atoms with van der Waals surface area (Å²) >= 11 is 0. The molecule has 0 aliphatic carbocycles. The Morgan fingerprint density at radius 1 is 1.39 bits per heavy atom. The summed E-state index contributed by atoms with van der Waals surface area (Å²) in [6.07, 6.45) is 2.50. The molecule has 1 atom stereocenters. The molecule has 1 amide bonds. The molecule has 2 rings (SSSR count). The predicted octanol–water partition coefficient (Wildman–Crippen LogP) is 2.03. The van der Waals surface area contributed by atoms with Crippen LogP contribution in [-0.4, -0.2) is 27.5 Å². The largest absolute Gasteiger partial charge is 0.423 e. The van der Waals surface area contributed by atoms with Crippen LogP contribution in [0.3, 0.4) is 0 Å². The molecule has 1 aromatic rings. The topological polar surface area (TPSA) is 59.2 Å². The van der Waals surface area contributed by atoms with Crippen molar-refractivity contribution in [1.29, 1.82) is 0 Å². The molecule has 1 fully saturated rings. The molecule has 0 unspecified atom stereocenters. The van der Waals surface area contributed by atoms with Gasteiger partial charge in [-0.2, -0.15) is 0 Å². The fraction of sp³-hybridized carbons (Fsp3) is 0.769. The minimum Gasteiger partial charge on any atom is -0.423 e. The van der Waals surface area contributed by atoms with Crippen molar-refractivity contribution < 1.29 is 9.21 Å². The number of rotatable bonds is 5. The van der Waals surface area contributed by atoms with Gasteiger partial charge >= 0.3 is 0 Å². The summed E-state index contributed by atoms with van der Waals surface area (Å²) in [6, 6.07) is 0. The summed E-state index contributed by atoms with van der Waals surface area (Å²) in [7, 11) is 0. The molecule has 0 N–H and O–H groups in total. The van der Waals surface area contributed by atoms with Crippen LogP contribution in [0.1, 0.15) is 45.4 Å². The Morgan fingerprint density at radius 3 is 2.72 bits per heavy atom. The van der Waals surface area contributed by atoms with Crippen LogP contribution < -0.4 is 0 Å². The monoisotopic (exact) mass is 251 g/mol. The lowest BCUT2D eigenvalue weighted by Crippen LogP contribution is -2.24. The van der Waals surface area contributed by atoms with Gasteiger partial charge in [0.15, 0.2) is 0 Å². The summed E-state index contributed by atoms with van der Waals surface area (Å²) in [6.45, 7) is 7.63. The number of hydrogen-bond acceptors (Lipinski definition) is 4. The number of aromatic nitrogens is 2. The first kappa shape index (κ1) is 13.1. The van der Waals surface area contributed by atoms with E-state index in [-0.39, 0.29) is 5.91 Å². The number of carbonyl (C=O) groups excluding carboxylic acids is 1. The van der Waals surface area contributed by atoms with Gasteiger partial charge in [0.2, 0.25) is 17.7 Å². The zero-order chi connectivity index (χ0) is 13.1. The molecular formula is C13H21N3O2. The SMILES string of the molecule is CCc1nnc(CN2C[C@@H](CC(C)C)CC2=O)o1. The number of aryl methyl sites for hydroxylation is 1. The molecule has 0 radical (unpaired) electrons. The van der Waals surface area contributed by atoms with Crippen molar-refractivity contribution >= 4 is 5.91 Å². The first-order valence-electron chi connectivity index (χ1n) is 6.67. The molecule has 0 spiro atoms. The van der Waals surface area contributed by atoms with E-state index in [1.165, 1.54) is 0 Å². The first-order chi connectivity index (χ1) is 8.58. The van der Waals surface area contributed by atoms with Gasteiger partial charge in [-0.15, -0.1) is 10.2 Å². The van der Waals surface area contributed by atoms with Crippen molar-refractivity contribution in [3.05, 3.63) is 11.8 Å². The van der Waals surface area contributed by atoms with Crippen LogP contribution in [0.5, 0.6) is 0 Å². The molecule has 1 aliphatic heterocycles. The van der Waals surface area contributed by atoms with Gasteiger partial charge in [0.25, 0.3) is 0 Å². The molecular weight excluding hydrogens is 230 g/mol. The van der Waals surface area contributed by atoms with Crippen LogP contribution in [0.25, 0.3) is 0 Å². The van der Waals surface area contributed by atoms with E-state index in [9.17, 15) is 4.79 Å². The third kappa shape index (κ3) is 3.09. The van der Waals surface area contributed by atoms with E-state index in [2.05, 4.69) is 24.0 Å². The Kier molecular flexibility index (Phi) is 3.99. The second-order valence-electron chi connectivity index (χ2n) is 5.42. The summed E-state index contributed by atoms with van der Waals surface area (Å²) < 4.78 is 5.44. The number of carbonyl (C=O) groups is 1. The normalized spacial score (nSPS) is 20.1. The van der Waals surface area contributed by atoms with Crippen molar-refractivity contribution in [3.63, 3.8) is 0 Å². The minimum absolute atomic E-state index is 0.205. The molecule has 1 saturated heterocycles. The molecule has 1 aromatic heterocycles. The quantitative estimate of drug-likeness (QED) is 0.803. The summed E-state index contributed by atoms with van der Waals surface area (Å²) in [5.41, 5.74) is 0. The summed E-state index contributed by atoms with van der Waals surface area (Å²) in [5, 5.41) is 7.87. The van der Waals surface area contributed by atoms with E-state index >= 15 is 0 Å². The van der Waals surface area contributed by atoms with Crippen molar-refractivity contribution in [2.75, 3.05) is 6.54 Å². The highest BCUT2D eigenvalue weighted by atomic mass is 16.4. The molecule has 0 bridgehead atoms. The molecule has 1 aliphatic rings. The average molecular weight is 251 g/mol. The zero-order valence-corrected chi connectivity index (χ0v) is 11.3. The predicted molar refractivity (Wildman–Crippen MR) is 66.7 cm³/mol. The lowest BCUT2D eigenvalue weighted by atomic mass is 9.96. The Labute approximate surface area is 108 Å². The number of nitrogens with zero attached hydrogens (tertiary/aromatic N) is 3. The molecule has 0 aromatic carbocycles. The lowest BCUT2D eigenvalue weighted by molar-refractivity contribution is -0.128. The fourth-order valence-corrected chi connectivity index (χ4v) is 2.49.